The van der Waals surface area contributed by atoms with Crippen LogP contribution in [0.25, 0.3) is 0 Å². The first-order valence-electron chi connectivity index (χ1n) is 0.783. The van der Waals surface area contributed by atoms with Gasteiger partial charge in [0.25, 0.3) is 0 Å². The van der Waals surface area contributed by atoms with Gasteiger partial charge in [0, 0.05) is 48.7 Å². The van der Waals surface area contributed by atoms with Gasteiger partial charge in [0.2, 0.25) is 0 Å². The van der Waals surface area contributed by atoms with Gasteiger partial charge in [-0.1, -0.05) is 0 Å². The third-order valence-corrected chi connectivity index (χ3v) is 0. The zero-order chi connectivity index (χ0) is 4.50. The van der Waals surface area contributed by atoms with Crippen LogP contribution in [0, 0.1) is 0 Å². The topological polar surface area (TPSA) is 77.8 Å². The molecule has 0 rings (SSSR count). The largest absolute Gasteiger partial charge is 0.466 e. The van der Waals surface area contributed by atoms with Crippen LogP contribution in [0.15, 0.2) is 0 Å². The minimum Gasteiger partial charge on any atom is -0.303 e. The van der Waals surface area contributed by atoms with Crippen molar-refractivity contribution in [1.29, 1.82) is 0 Å². The molecule has 0 aromatic carbocycles. The van der Waals surface area contributed by atoms with E-state index >= 15 is 0 Å². The predicted octanol–water partition coefficient (Wildman–Crippen LogP) is -1.69. The monoisotopic (exact) mass is 166 g/mol. The number of rotatable bonds is 0. The zero-order valence-corrected chi connectivity index (χ0v) is 7.51. The molecule has 0 aliphatic heterocycles. The van der Waals surface area contributed by atoms with Gasteiger partial charge >= 0.3 is 7.82 Å². The summed E-state index contributed by atoms with van der Waals surface area (Å²) in [6.07, 6.45) is 0. The molecule has 7 heteroatoms. The SMILES string of the molecule is O=P(O)(O)O.[Ca].[Si]. The fourth-order valence-electron chi connectivity index (χ4n) is 0. The van der Waals surface area contributed by atoms with Crippen molar-refractivity contribution in [2.45, 2.75) is 0 Å². The molecule has 0 aromatic heterocycles. The Morgan fingerprint density at radius 3 is 1.14 bits per heavy atom. The van der Waals surface area contributed by atoms with Crippen LogP contribution in [0.1, 0.15) is 0 Å². The summed E-state index contributed by atoms with van der Waals surface area (Å²) in [5.74, 6) is 0. The maximum absolute atomic E-state index is 8.88. The summed E-state index contributed by atoms with van der Waals surface area (Å²) < 4.78 is 8.88. The van der Waals surface area contributed by atoms with Gasteiger partial charge in [-0.2, -0.15) is 0 Å². The molecule has 0 fully saturated rings. The second-order valence-electron chi connectivity index (χ2n) is 0.513. The van der Waals surface area contributed by atoms with E-state index in [-0.39, 0.29) is 48.7 Å². The number of phosphoric acid groups is 1. The maximum atomic E-state index is 8.88. The first-order chi connectivity index (χ1) is 2.00. The molecule has 0 unspecified atom stereocenters. The summed E-state index contributed by atoms with van der Waals surface area (Å²) in [6.45, 7) is 0. The quantitative estimate of drug-likeness (QED) is 0.296. The molecular formula is H3CaO4PSi. The van der Waals surface area contributed by atoms with Crippen molar-refractivity contribution >= 4 is 56.5 Å². The molecule has 0 aromatic rings. The van der Waals surface area contributed by atoms with Gasteiger partial charge in [-0.05, 0) is 0 Å². The minimum atomic E-state index is -4.64. The Bertz CT molecular complexity index is 57.8. The van der Waals surface area contributed by atoms with E-state index in [1.54, 1.807) is 0 Å². The predicted molar refractivity (Wildman–Crippen MR) is 25.8 cm³/mol. The molecule has 0 bridgehead atoms. The van der Waals surface area contributed by atoms with E-state index in [1.807, 2.05) is 0 Å². The van der Waals surface area contributed by atoms with Crippen molar-refractivity contribution in [1.82, 2.24) is 0 Å². The van der Waals surface area contributed by atoms with E-state index in [2.05, 4.69) is 0 Å². The summed E-state index contributed by atoms with van der Waals surface area (Å²) in [6, 6.07) is 0. The second kappa shape index (κ2) is 5.72. The minimum absolute atomic E-state index is 0. The Kier molecular flexibility index (Phi) is 12.9. The normalized spacial score (nSPS) is 8.43. The molecule has 7 heavy (non-hydrogen) atoms. The molecular weight excluding hydrogens is 163 g/mol. The van der Waals surface area contributed by atoms with E-state index in [1.165, 1.54) is 0 Å². The molecule has 0 aliphatic carbocycles. The smallest absolute Gasteiger partial charge is 0.303 e. The number of hydrogen-bond donors (Lipinski definition) is 3. The molecule has 38 valence electrons. The third-order valence-electron chi connectivity index (χ3n) is 0. The standard InChI is InChI=1S/Ca.H3O4P.Si/c;1-5(2,3)4;/h;(H3,1,2,3,4);. The van der Waals surface area contributed by atoms with Crippen molar-refractivity contribution in [3.8, 4) is 0 Å². The third kappa shape index (κ3) is 94.1. The Balaban J connectivity index is -0.0000000800. The van der Waals surface area contributed by atoms with Crippen molar-refractivity contribution < 1.29 is 19.2 Å². The average Bonchev–Trinajstić information content (AvgIpc) is 0.722. The Hall–Kier alpha value is 1.59. The van der Waals surface area contributed by atoms with Crippen molar-refractivity contribution in [2.24, 2.45) is 0 Å². The van der Waals surface area contributed by atoms with Gasteiger partial charge in [0.05, 0.1) is 0 Å². The van der Waals surface area contributed by atoms with E-state index < -0.39 is 7.82 Å². The molecule has 0 heterocycles. The van der Waals surface area contributed by atoms with Gasteiger partial charge in [0.15, 0.2) is 0 Å². The van der Waals surface area contributed by atoms with E-state index in [0.29, 0.717) is 0 Å². The van der Waals surface area contributed by atoms with Gasteiger partial charge < -0.3 is 14.7 Å². The van der Waals surface area contributed by atoms with Crippen LogP contribution >= 0.6 is 7.82 Å². The first kappa shape index (κ1) is 15.8. The van der Waals surface area contributed by atoms with Crippen molar-refractivity contribution in [3.63, 3.8) is 0 Å². The van der Waals surface area contributed by atoms with Crippen LogP contribution < -0.4 is 0 Å². The van der Waals surface area contributed by atoms with Crippen LogP contribution in [-0.2, 0) is 4.57 Å². The van der Waals surface area contributed by atoms with E-state index in [4.69, 9.17) is 19.2 Å². The van der Waals surface area contributed by atoms with Crippen LogP contribution in [0.3, 0.4) is 0 Å². The van der Waals surface area contributed by atoms with Gasteiger partial charge in [-0.15, -0.1) is 0 Å². The maximum Gasteiger partial charge on any atom is 0.466 e. The van der Waals surface area contributed by atoms with E-state index in [9.17, 15) is 0 Å². The zero-order valence-electron chi connectivity index (χ0n) is 3.40. The molecule has 0 aliphatic rings. The van der Waals surface area contributed by atoms with Crippen LogP contribution in [-0.4, -0.2) is 63.4 Å². The summed E-state index contributed by atoms with van der Waals surface area (Å²) >= 11 is 0. The molecule has 4 nitrogen and oxygen atoms in total. The first-order valence-corrected chi connectivity index (χ1v) is 2.35. The molecule has 0 atom stereocenters. The summed E-state index contributed by atoms with van der Waals surface area (Å²) in [5, 5.41) is 0. The number of hydrogen-bond acceptors (Lipinski definition) is 1. The summed E-state index contributed by atoms with van der Waals surface area (Å²) in [7, 11) is -4.64. The van der Waals surface area contributed by atoms with Crippen LogP contribution in [0.4, 0.5) is 0 Å². The Morgan fingerprint density at radius 1 is 1.14 bits per heavy atom. The molecule has 0 amide bonds. The van der Waals surface area contributed by atoms with Crippen LogP contribution in [0.5, 0.6) is 0 Å². The Morgan fingerprint density at radius 2 is 1.14 bits per heavy atom. The van der Waals surface area contributed by atoms with Gasteiger partial charge in [0.1, 0.15) is 0 Å². The van der Waals surface area contributed by atoms with E-state index in [0.717, 1.165) is 0 Å². The average molecular weight is 166 g/mol. The summed E-state index contributed by atoms with van der Waals surface area (Å²) in [5.41, 5.74) is 0. The van der Waals surface area contributed by atoms with Crippen LogP contribution in [0.2, 0.25) is 0 Å². The molecule has 0 saturated heterocycles. The fraction of sp³-hybridized carbons (Fsp3) is 0. The van der Waals surface area contributed by atoms with Gasteiger partial charge in [-0.25, -0.2) is 4.57 Å². The summed E-state index contributed by atoms with van der Waals surface area (Å²) in [4.78, 5) is 21.6. The van der Waals surface area contributed by atoms with Gasteiger partial charge in [-0.3, -0.25) is 0 Å². The fourth-order valence-corrected chi connectivity index (χ4v) is 0. The molecule has 0 spiro atoms. The van der Waals surface area contributed by atoms with Crippen molar-refractivity contribution in [3.05, 3.63) is 0 Å². The molecule has 0 saturated carbocycles. The molecule has 6 radical (unpaired) electrons. The van der Waals surface area contributed by atoms with Crippen molar-refractivity contribution in [2.75, 3.05) is 0 Å². The Labute approximate surface area is 75.2 Å². The molecule has 3 N–H and O–H groups in total. The second-order valence-corrected chi connectivity index (χ2v) is 1.54.